The summed E-state index contributed by atoms with van der Waals surface area (Å²) in [4.78, 5) is 16.9. The first-order valence-corrected chi connectivity index (χ1v) is 7.20. The topological polar surface area (TPSA) is 50.4 Å². The number of carbonyl (C=O) groups is 1. The molecule has 2 unspecified atom stereocenters. The van der Waals surface area contributed by atoms with Crippen molar-refractivity contribution in [2.45, 2.75) is 25.0 Å². The molecule has 0 spiro atoms. The minimum absolute atomic E-state index is 0.0297. The molecule has 22 heavy (non-hydrogen) atoms. The molecule has 2 aromatic carbocycles. The molecule has 114 valence electrons. The summed E-state index contributed by atoms with van der Waals surface area (Å²) < 4.78 is 13.2. The summed E-state index contributed by atoms with van der Waals surface area (Å²) in [6, 6.07) is 15.7. The number of amides is 2. The van der Waals surface area contributed by atoms with Gasteiger partial charge in [-0.2, -0.15) is 0 Å². The maximum absolute atomic E-state index is 13.2. The molecule has 0 aromatic heterocycles. The number of hydrogen-bond acceptors (Lipinski definition) is 2. The first-order chi connectivity index (χ1) is 10.7. The number of benzene rings is 2. The Morgan fingerprint density at radius 1 is 1.18 bits per heavy atom. The SMILES string of the molecule is O=C(NOCc1ccccc1)NC1CC1c1cccc(F)c1. The van der Waals surface area contributed by atoms with Crippen LogP contribution in [-0.4, -0.2) is 12.1 Å². The van der Waals surface area contributed by atoms with Crippen molar-refractivity contribution in [3.8, 4) is 0 Å². The smallest absolute Gasteiger partial charge is 0.333 e. The number of hydrogen-bond donors (Lipinski definition) is 2. The van der Waals surface area contributed by atoms with Gasteiger partial charge in [-0.1, -0.05) is 42.5 Å². The Labute approximate surface area is 128 Å². The lowest BCUT2D eigenvalue weighted by Gasteiger charge is -2.08. The van der Waals surface area contributed by atoms with Crippen LogP contribution in [0, 0.1) is 5.82 Å². The van der Waals surface area contributed by atoms with Crippen LogP contribution in [0.4, 0.5) is 9.18 Å². The van der Waals surface area contributed by atoms with Crippen molar-refractivity contribution in [3.63, 3.8) is 0 Å². The van der Waals surface area contributed by atoms with Gasteiger partial charge in [0.25, 0.3) is 0 Å². The van der Waals surface area contributed by atoms with Crippen molar-refractivity contribution < 1.29 is 14.0 Å². The Bertz CT molecular complexity index is 648. The number of urea groups is 1. The summed E-state index contributed by atoms with van der Waals surface area (Å²) in [7, 11) is 0. The van der Waals surface area contributed by atoms with E-state index in [0.717, 1.165) is 17.5 Å². The second-order valence-corrected chi connectivity index (χ2v) is 5.35. The van der Waals surface area contributed by atoms with Crippen LogP contribution in [0.15, 0.2) is 54.6 Å². The van der Waals surface area contributed by atoms with Gasteiger partial charge in [0.1, 0.15) is 5.82 Å². The Morgan fingerprint density at radius 3 is 2.77 bits per heavy atom. The Kier molecular flexibility index (Phi) is 4.34. The second kappa shape index (κ2) is 6.58. The van der Waals surface area contributed by atoms with E-state index in [2.05, 4.69) is 10.8 Å². The lowest BCUT2D eigenvalue weighted by molar-refractivity contribution is 0.0489. The molecule has 0 radical (unpaired) electrons. The number of carbonyl (C=O) groups excluding carboxylic acids is 1. The molecule has 1 aliphatic rings. The number of hydroxylamine groups is 1. The van der Waals surface area contributed by atoms with E-state index in [4.69, 9.17) is 4.84 Å². The first kappa shape index (κ1) is 14.5. The lowest BCUT2D eigenvalue weighted by Crippen LogP contribution is -2.37. The molecule has 3 rings (SSSR count). The molecule has 2 N–H and O–H groups in total. The molecule has 0 heterocycles. The van der Waals surface area contributed by atoms with Crippen molar-refractivity contribution in [1.82, 2.24) is 10.8 Å². The molecule has 0 aliphatic heterocycles. The largest absolute Gasteiger partial charge is 0.338 e. The van der Waals surface area contributed by atoms with E-state index in [9.17, 15) is 9.18 Å². The van der Waals surface area contributed by atoms with Gasteiger partial charge in [-0.05, 0) is 29.7 Å². The Morgan fingerprint density at radius 2 is 2.00 bits per heavy atom. The average Bonchev–Trinajstić information content (AvgIpc) is 3.27. The van der Waals surface area contributed by atoms with Crippen LogP contribution < -0.4 is 10.8 Å². The molecule has 2 atom stereocenters. The van der Waals surface area contributed by atoms with E-state index < -0.39 is 0 Å². The highest BCUT2D eigenvalue weighted by molar-refractivity contribution is 5.73. The molecule has 4 nitrogen and oxygen atoms in total. The predicted octanol–water partition coefficient (Wildman–Crippen LogP) is 3.11. The fraction of sp³-hybridized carbons (Fsp3) is 0.235. The van der Waals surface area contributed by atoms with Gasteiger partial charge in [0.2, 0.25) is 0 Å². The summed E-state index contributed by atoms with van der Waals surface area (Å²) in [5.74, 6) is -0.0747. The maximum atomic E-state index is 13.2. The second-order valence-electron chi connectivity index (χ2n) is 5.35. The van der Waals surface area contributed by atoms with Crippen LogP contribution in [0.1, 0.15) is 23.5 Å². The summed E-state index contributed by atoms with van der Waals surface area (Å²) in [6.07, 6.45) is 0.815. The third-order valence-electron chi connectivity index (χ3n) is 3.63. The highest BCUT2D eigenvalue weighted by atomic mass is 19.1. The normalized spacial score (nSPS) is 19.5. The van der Waals surface area contributed by atoms with E-state index in [1.54, 1.807) is 6.07 Å². The molecule has 5 heteroatoms. The summed E-state index contributed by atoms with van der Waals surface area (Å²) >= 11 is 0. The highest BCUT2D eigenvalue weighted by Gasteiger charge is 2.39. The molecule has 0 bridgehead atoms. The zero-order chi connectivity index (χ0) is 15.4. The van der Waals surface area contributed by atoms with Gasteiger partial charge >= 0.3 is 6.03 Å². The molecular formula is C17H17FN2O2. The van der Waals surface area contributed by atoms with E-state index in [-0.39, 0.29) is 23.8 Å². The highest BCUT2D eigenvalue weighted by Crippen LogP contribution is 2.40. The first-order valence-electron chi connectivity index (χ1n) is 7.20. The van der Waals surface area contributed by atoms with Crippen LogP contribution in [0.2, 0.25) is 0 Å². The van der Waals surface area contributed by atoms with Gasteiger partial charge < -0.3 is 5.32 Å². The summed E-state index contributed by atoms with van der Waals surface area (Å²) in [5, 5.41) is 2.81. The van der Waals surface area contributed by atoms with Crippen molar-refractivity contribution >= 4 is 6.03 Å². The number of halogens is 1. The number of nitrogens with one attached hydrogen (secondary N) is 2. The van der Waals surface area contributed by atoms with Crippen molar-refractivity contribution in [2.24, 2.45) is 0 Å². The fourth-order valence-corrected chi connectivity index (χ4v) is 2.42. The van der Waals surface area contributed by atoms with Crippen LogP contribution in [0.5, 0.6) is 0 Å². The predicted molar refractivity (Wildman–Crippen MR) is 80.4 cm³/mol. The van der Waals surface area contributed by atoms with Gasteiger partial charge in [-0.15, -0.1) is 0 Å². The van der Waals surface area contributed by atoms with Gasteiger partial charge in [0.15, 0.2) is 0 Å². The molecule has 2 aromatic rings. The Hall–Kier alpha value is -2.40. The van der Waals surface area contributed by atoms with E-state index in [1.807, 2.05) is 36.4 Å². The minimum atomic E-state index is -0.375. The lowest BCUT2D eigenvalue weighted by atomic mass is 10.1. The van der Waals surface area contributed by atoms with Gasteiger partial charge in [-0.3, -0.25) is 4.84 Å². The standard InChI is InChI=1S/C17H17FN2O2/c18-14-8-4-7-13(9-14)15-10-16(15)19-17(21)20-22-11-12-5-2-1-3-6-12/h1-9,15-16H,10-11H2,(H2,19,20,21). The minimum Gasteiger partial charge on any atom is -0.333 e. The molecule has 2 amide bonds. The number of rotatable bonds is 5. The molecule has 1 fully saturated rings. The van der Waals surface area contributed by atoms with Crippen LogP contribution >= 0.6 is 0 Å². The molecule has 1 saturated carbocycles. The van der Waals surface area contributed by atoms with Gasteiger partial charge in [0, 0.05) is 12.0 Å². The van der Waals surface area contributed by atoms with E-state index in [1.165, 1.54) is 12.1 Å². The molecular weight excluding hydrogens is 283 g/mol. The van der Waals surface area contributed by atoms with Crippen molar-refractivity contribution in [2.75, 3.05) is 0 Å². The zero-order valence-corrected chi connectivity index (χ0v) is 12.0. The molecule has 1 aliphatic carbocycles. The third kappa shape index (κ3) is 3.83. The van der Waals surface area contributed by atoms with Crippen LogP contribution in [0.25, 0.3) is 0 Å². The third-order valence-corrected chi connectivity index (χ3v) is 3.63. The summed E-state index contributed by atoms with van der Waals surface area (Å²) in [6.45, 7) is 0.312. The Balaban J connectivity index is 1.40. The van der Waals surface area contributed by atoms with Gasteiger partial charge in [-0.25, -0.2) is 14.7 Å². The maximum Gasteiger partial charge on any atom is 0.338 e. The van der Waals surface area contributed by atoms with Crippen LogP contribution in [-0.2, 0) is 11.4 Å². The van der Waals surface area contributed by atoms with Crippen LogP contribution in [0.3, 0.4) is 0 Å². The average molecular weight is 300 g/mol. The van der Waals surface area contributed by atoms with E-state index >= 15 is 0 Å². The fourth-order valence-electron chi connectivity index (χ4n) is 2.42. The molecule has 0 saturated heterocycles. The monoisotopic (exact) mass is 300 g/mol. The van der Waals surface area contributed by atoms with Gasteiger partial charge in [0.05, 0.1) is 6.61 Å². The van der Waals surface area contributed by atoms with Crippen molar-refractivity contribution in [3.05, 3.63) is 71.5 Å². The quantitative estimate of drug-likeness (QED) is 0.834. The van der Waals surface area contributed by atoms with E-state index in [0.29, 0.717) is 6.61 Å². The van der Waals surface area contributed by atoms with Crippen molar-refractivity contribution in [1.29, 1.82) is 0 Å². The summed E-state index contributed by atoms with van der Waals surface area (Å²) in [5.41, 5.74) is 4.25. The zero-order valence-electron chi connectivity index (χ0n) is 12.0.